The minimum Gasteiger partial charge on any atom is -0.457 e. The summed E-state index contributed by atoms with van der Waals surface area (Å²) in [6.07, 6.45) is 7.83. The van der Waals surface area contributed by atoms with Crippen LogP contribution in [0.4, 0.5) is 0 Å². The number of hydrogen-bond donors (Lipinski definition) is 3. The fourth-order valence-corrected chi connectivity index (χ4v) is 7.33. The molecule has 9 heteroatoms. The van der Waals surface area contributed by atoms with Crippen molar-refractivity contribution in [1.29, 1.82) is 0 Å². The third kappa shape index (κ3) is 7.52. The quantitative estimate of drug-likeness (QED) is 0.326. The van der Waals surface area contributed by atoms with Gasteiger partial charge in [0.05, 0.1) is 5.60 Å². The van der Waals surface area contributed by atoms with E-state index < -0.39 is 17.2 Å². The highest BCUT2D eigenvalue weighted by Crippen LogP contribution is 2.38. The first-order valence-corrected chi connectivity index (χ1v) is 16.8. The first-order chi connectivity index (χ1) is 21.7. The van der Waals surface area contributed by atoms with Crippen molar-refractivity contribution in [3.8, 4) is 11.5 Å². The van der Waals surface area contributed by atoms with Crippen molar-refractivity contribution in [3.63, 3.8) is 0 Å². The molecular formula is C36H50N4O5. The van der Waals surface area contributed by atoms with Crippen LogP contribution in [0.2, 0.25) is 0 Å². The number of likely N-dealkylation sites (tertiary alicyclic amines) is 1. The van der Waals surface area contributed by atoms with Crippen LogP contribution in [-0.4, -0.2) is 76.5 Å². The molecule has 3 N–H and O–H groups in total. The van der Waals surface area contributed by atoms with E-state index in [2.05, 4.69) is 41.5 Å². The van der Waals surface area contributed by atoms with Crippen molar-refractivity contribution in [2.45, 2.75) is 102 Å². The molecule has 0 unspecified atom stereocenters. The number of carbonyl (C=O) groups excluding carboxylic acids is 3. The Bertz CT molecular complexity index is 1310. The SMILES string of the molecule is CCC(CC)CN1C(=O)[C@@H](CC2(O)CCCCC2)NC(=O)C12CCN(Cc1ccc(Oc3ccc(C(=O)NC)cc3)cc1)CC2. The van der Waals surface area contributed by atoms with E-state index in [1.54, 1.807) is 31.3 Å². The van der Waals surface area contributed by atoms with Gasteiger partial charge in [0.2, 0.25) is 11.8 Å². The highest BCUT2D eigenvalue weighted by Gasteiger charge is 2.54. The summed E-state index contributed by atoms with van der Waals surface area (Å²) in [7, 11) is 1.60. The van der Waals surface area contributed by atoms with Gasteiger partial charge in [0.1, 0.15) is 23.1 Å². The molecule has 3 fully saturated rings. The Hall–Kier alpha value is -3.43. The molecule has 2 aromatic rings. The van der Waals surface area contributed by atoms with Crippen molar-refractivity contribution in [3.05, 3.63) is 59.7 Å². The molecular weight excluding hydrogens is 568 g/mol. The second-order valence-electron chi connectivity index (χ2n) is 13.3. The number of nitrogens with one attached hydrogen (secondary N) is 2. The summed E-state index contributed by atoms with van der Waals surface area (Å²) >= 11 is 0. The van der Waals surface area contributed by atoms with Crippen LogP contribution < -0.4 is 15.4 Å². The van der Waals surface area contributed by atoms with E-state index in [1.807, 2.05) is 17.0 Å². The van der Waals surface area contributed by atoms with Crippen molar-refractivity contribution < 1.29 is 24.2 Å². The summed E-state index contributed by atoms with van der Waals surface area (Å²) in [5.41, 5.74) is 0.00719. The Balaban J connectivity index is 1.22. The second kappa shape index (κ2) is 14.3. The molecule has 3 amide bonds. The van der Waals surface area contributed by atoms with E-state index in [0.717, 1.165) is 44.2 Å². The molecule has 0 aromatic heterocycles. The van der Waals surface area contributed by atoms with Gasteiger partial charge in [-0.1, -0.05) is 58.1 Å². The Labute approximate surface area is 267 Å². The Morgan fingerprint density at radius 3 is 2.13 bits per heavy atom. The normalized spacial score (nSPS) is 21.5. The number of piperazine rings is 1. The molecule has 9 nitrogen and oxygen atoms in total. The lowest BCUT2D eigenvalue weighted by Crippen LogP contribution is -2.73. The number of carbonyl (C=O) groups is 3. The lowest BCUT2D eigenvalue weighted by atomic mass is 9.77. The summed E-state index contributed by atoms with van der Waals surface area (Å²) in [4.78, 5) is 44.1. The molecule has 0 bridgehead atoms. The minimum absolute atomic E-state index is 0.0205. The molecule has 1 spiro atoms. The van der Waals surface area contributed by atoms with Gasteiger partial charge in [-0.3, -0.25) is 19.3 Å². The maximum Gasteiger partial charge on any atom is 0.251 e. The van der Waals surface area contributed by atoms with Crippen LogP contribution in [0.3, 0.4) is 0 Å². The summed E-state index contributed by atoms with van der Waals surface area (Å²) in [5, 5.41) is 17.0. The smallest absolute Gasteiger partial charge is 0.251 e. The van der Waals surface area contributed by atoms with Gasteiger partial charge in [-0.25, -0.2) is 0 Å². The summed E-state index contributed by atoms with van der Waals surface area (Å²) in [6, 6.07) is 14.4. The molecule has 2 aliphatic heterocycles. The zero-order valence-electron chi connectivity index (χ0n) is 27.1. The zero-order valence-corrected chi connectivity index (χ0v) is 27.1. The summed E-state index contributed by atoms with van der Waals surface area (Å²) < 4.78 is 5.97. The van der Waals surface area contributed by atoms with Gasteiger partial charge in [0, 0.05) is 45.2 Å². The minimum atomic E-state index is -0.877. The molecule has 1 saturated carbocycles. The molecule has 2 aromatic carbocycles. The van der Waals surface area contributed by atoms with Crippen LogP contribution >= 0.6 is 0 Å². The molecule has 244 valence electrons. The fourth-order valence-electron chi connectivity index (χ4n) is 7.33. The summed E-state index contributed by atoms with van der Waals surface area (Å²) in [5.74, 6) is 1.50. The fraction of sp³-hybridized carbons (Fsp3) is 0.583. The number of piperidine rings is 1. The molecule has 5 rings (SSSR count). The van der Waals surface area contributed by atoms with Crippen LogP contribution in [-0.2, 0) is 16.1 Å². The van der Waals surface area contributed by atoms with Crippen molar-refractivity contribution in [2.75, 3.05) is 26.7 Å². The molecule has 0 radical (unpaired) electrons. The van der Waals surface area contributed by atoms with Crippen molar-refractivity contribution in [1.82, 2.24) is 20.4 Å². The highest BCUT2D eigenvalue weighted by molar-refractivity contribution is 6.00. The number of rotatable bonds is 11. The van der Waals surface area contributed by atoms with Gasteiger partial charge >= 0.3 is 0 Å². The molecule has 3 aliphatic rings. The molecule has 45 heavy (non-hydrogen) atoms. The van der Waals surface area contributed by atoms with E-state index in [1.165, 1.54) is 0 Å². The lowest BCUT2D eigenvalue weighted by Gasteiger charge is -2.53. The number of ether oxygens (including phenoxy) is 1. The third-order valence-electron chi connectivity index (χ3n) is 10.4. The van der Waals surface area contributed by atoms with Gasteiger partial charge < -0.3 is 25.4 Å². The van der Waals surface area contributed by atoms with Gasteiger partial charge in [0.15, 0.2) is 0 Å². The predicted octanol–water partition coefficient (Wildman–Crippen LogP) is 5.02. The standard InChI is InChI=1S/C36H50N4O5/c1-4-26(5-2)25-40-33(42)31(23-35(44)17-7-6-8-18-35)38-34(43)36(40)19-21-39(22-20-36)24-27-9-13-29(14-10-27)45-30-15-11-28(12-16-30)32(41)37-3/h9-16,26,31,44H,4-8,17-25H2,1-3H3,(H,37,41)(H,38,43)/t31-/m1/s1. The molecule has 2 saturated heterocycles. The third-order valence-corrected chi connectivity index (χ3v) is 10.4. The topological polar surface area (TPSA) is 111 Å². The Kier molecular flexibility index (Phi) is 10.5. The number of amides is 3. The van der Waals surface area contributed by atoms with Gasteiger partial charge in [-0.15, -0.1) is 0 Å². The highest BCUT2D eigenvalue weighted by atomic mass is 16.5. The van der Waals surface area contributed by atoms with Crippen LogP contribution in [0.1, 0.15) is 94.0 Å². The van der Waals surface area contributed by atoms with E-state index >= 15 is 0 Å². The van der Waals surface area contributed by atoms with Crippen LogP contribution in [0.5, 0.6) is 11.5 Å². The lowest BCUT2D eigenvalue weighted by molar-refractivity contribution is -0.164. The zero-order chi connectivity index (χ0) is 32.0. The van der Waals surface area contributed by atoms with Crippen LogP contribution in [0.15, 0.2) is 48.5 Å². The van der Waals surface area contributed by atoms with Crippen LogP contribution in [0, 0.1) is 5.92 Å². The predicted molar refractivity (Wildman–Crippen MR) is 174 cm³/mol. The first-order valence-electron chi connectivity index (χ1n) is 16.8. The number of benzene rings is 2. The van der Waals surface area contributed by atoms with Crippen molar-refractivity contribution >= 4 is 17.7 Å². The largest absolute Gasteiger partial charge is 0.457 e. The molecule has 2 heterocycles. The average molecular weight is 619 g/mol. The second-order valence-corrected chi connectivity index (χ2v) is 13.3. The van der Waals surface area contributed by atoms with Gasteiger partial charge in [-0.05, 0) is 73.6 Å². The maximum absolute atomic E-state index is 14.1. The van der Waals surface area contributed by atoms with Gasteiger partial charge in [-0.2, -0.15) is 0 Å². The van der Waals surface area contributed by atoms with E-state index in [9.17, 15) is 19.5 Å². The Morgan fingerprint density at radius 2 is 1.56 bits per heavy atom. The molecule has 1 aliphatic carbocycles. The number of hydrogen-bond acceptors (Lipinski definition) is 6. The summed E-state index contributed by atoms with van der Waals surface area (Å²) in [6.45, 7) is 7.06. The number of nitrogens with zero attached hydrogens (tertiary/aromatic N) is 2. The monoisotopic (exact) mass is 618 g/mol. The van der Waals surface area contributed by atoms with E-state index in [4.69, 9.17) is 4.74 Å². The average Bonchev–Trinajstić information content (AvgIpc) is 3.06. The maximum atomic E-state index is 14.1. The molecule has 1 atom stereocenters. The van der Waals surface area contributed by atoms with Gasteiger partial charge in [0.25, 0.3) is 5.91 Å². The van der Waals surface area contributed by atoms with Crippen LogP contribution in [0.25, 0.3) is 0 Å². The first kappa shape index (κ1) is 32.9. The van der Waals surface area contributed by atoms with Crippen molar-refractivity contribution in [2.24, 2.45) is 5.92 Å². The number of aliphatic hydroxyl groups is 1. The van der Waals surface area contributed by atoms with E-state index in [0.29, 0.717) is 74.7 Å². The van der Waals surface area contributed by atoms with E-state index in [-0.39, 0.29) is 17.7 Å². The Morgan fingerprint density at radius 1 is 0.956 bits per heavy atom.